The minimum atomic E-state index is -4.89. The van der Waals surface area contributed by atoms with Crippen molar-refractivity contribution < 1.29 is 31.9 Å². The molecule has 4 aliphatic carbocycles. The number of alkyl halides is 3. The van der Waals surface area contributed by atoms with Gasteiger partial charge in [0.05, 0.1) is 0 Å². The Kier molecular flexibility index (Phi) is 11.9. The minimum absolute atomic E-state index is 0.0240. The van der Waals surface area contributed by atoms with E-state index in [1.165, 1.54) is 38.5 Å². The van der Waals surface area contributed by atoms with Gasteiger partial charge in [0.1, 0.15) is 6.61 Å². The molecule has 0 aromatic heterocycles. The average Bonchev–Trinajstić information content (AvgIpc) is 3.42. The number of ether oxygens (including phenoxy) is 1. The molecule has 288 valence electrons. The van der Waals surface area contributed by atoms with Crippen molar-refractivity contribution in [1.29, 1.82) is 0 Å². The Labute approximate surface area is 307 Å². The summed E-state index contributed by atoms with van der Waals surface area (Å²) in [5.74, 6) is 0.980. The van der Waals surface area contributed by atoms with Crippen LogP contribution >= 0.6 is 0 Å². The molecule has 5 nitrogen and oxygen atoms in total. The summed E-state index contributed by atoms with van der Waals surface area (Å²) in [6, 6.07) is 9.65. The zero-order chi connectivity index (χ0) is 37.5. The molecule has 9 heteroatoms. The highest BCUT2D eigenvalue weighted by Crippen LogP contribution is 2.70. The molecule has 1 aromatic carbocycles. The molecule has 0 saturated heterocycles. The highest BCUT2D eigenvalue weighted by Gasteiger charge is 2.62. The molecule has 0 spiro atoms. The summed E-state index contributed by atoms with van der Waals surface area (Å²) in [6.07, 6.45) is 8.31. The molecule has 4 fully saturated rings. The molecule has 51 heavy (non-hydrogen) atoms. The second-order valence-electron chi connectivity index (χ2n) is 19.3. The van der Waals surface area contributed by atoms with E-state index in [0.29, 0.717) is 54.5 Å². The van der Waals surface area contributed by atoms with Crippen LogP contribution in [-0.2, 0) is 25.4 Å². The number of rotatable bonds is 12. The quantitative estimate of drug-likeness (QED) is 0.132. The molecule has 0 heterocycles. The summed E-state index contributed by atoms with van der Waals surface area (Å²) in [5.41, 5.74) is 1.14. The number of hydrogen-bond acceptors (Lipinski definition) is 4. The van der Waals surface area contributed by atoms with Gasteiger partial charge in [-0.2, -0.15) is 13.2 Å². The van der Waals surface area contributed by atoms with Crippen molar-refractivity contribution in [3.8, 4) is 0 Å². The molecule has 5 rings (SSSR count). The molecule has 1 N–H and O–H groups in total. The van der Waals surface area contributed by atoms with Gasteiger partial charge in [-0.25, -0.2) is 0 Å². The lowest BCUT2D eigenvalue weighted by Crippen LogP contribution is -2.55. The number of nitrogens with one attached hydrogen (secondary N) is 1. The molecular formula is C42H66F3NO4Si. The molecule has 1 aromatic rings. The molecule has 1 amide bonds. The average molecular weight is 734 g/mol. The van der Waals surface area contributed by atoms with Gasteiger partial charge in [0.2, 0.25) is 0 Å². The summed E-state index contributed by atoms with van der Waals surface area (Å²) in [7, 11) is -1.82. The Hall–Kier alpha value is -1.87. The van der Waals surface area contributed by atoms with Gasteiger partial charge in [-0.1, -0.05) is 71.9 Å². The smallest absolute Gasteiger partial charge is 0.461 e. The van der Waals surface area contributed by atoms with Crippen LogP contribution in [0.15, 0.2) is 30.3 Å². The summed E-state index contributed by atoms with van der Waals surface area (Å²) in [4.78, 5) is 24.6. The highest BCUT2D eigenvalue weighted by molar-refractivity contribution is 6.74. The first kappa shape index (κ1) is 40.3. The van der Waals surface area contributed by atoms with E-state index < -0.39 is 20.4 Å². The van der Waals surface area contributed by atoms with Crippen LogP contribution in [0.3, 0.4) is 0 Å². The third-order valence-corrected chi connectivity index (χ3v) is 19.9. The van der Waals surface area contributed by atoms with Crippen molar-refractivity contribution in [1.82, 2.24) is 5.32 Å². The minimum Gasteiger partial charge on any atom is -0.461 e. The van der Waals surface area contributed by atoms with Crippen molar-refractivity contribution in [2.75, 3.05) is 6.54 Å². The Morgan fingerprint density at radius 1 is 0.882 bits per heavy atom. The van der Waals surface area contributed by atoms with Gasteiger partial charge >= 0.3 is 18.1 Å². The number of carbonyl (C=O) groups excluding carboxylic acids is 2. The first-order chi connectivity index (χ1) is 23.7. The summed E-state index contributed by atoms with van der Waals surface area (Å²) in [6.45, 7) is 19.3. The van der Waals surface area contributed by atoms with Gasteiger partial charge in [-0.3, -0.25) is 9.59 Å². The van der Waals surface area contributed by atoms with Crippen LogP contribution in [0.1, 0.15) is 131 Å². The summed E-state index contributed by atoms with van der Waals surface area (Å²) < 4.78 is 51.4. The topological polar surface area (TPSA) is 64.6 Å². The molecule has 1 unspecified atom stereocenters. The van der Waals surface area contributed by atoms with Gasteiger partial charge < -0.3 is 14.5 Å². The van der Waals surface area contributed by atoms with Crippen LogP contribution in [0.4, 0.5) is 13.2 Å². The fourth-order valence-electron chi connectivity index (χ4n) is 11.5. The van der Waals surface area contributed by atoms with Gasteiger partial charge in [0, 0.05) is 19.1 Å². The molecule has 9 atom stereocenters. The van der Waals surface area contributed by atoms with Crippen LogP contribution < -0.4 is 5.32 Å². The van der Waals surface area contributed by atoms with Crippen molar-refractivity contribution in [2.24, 2.45) is 45.8 Å². The van der Waals surface area contributed by atoms with Crippen molar-refractivity contribution in [3.05, 3.63) is 35.9 Å². The fraction of sp³-hybridized carbons (Fsp3) is 0.810. The summed E-state index contributed by atoms with van der Waals surface area (Å²) >= 11 is 0. The number of fused-ring (bicyclic) bond motifs is 5. The first-order valence-electron chi connectivity index (χ1n) is 19.9. The number of hydrogen-bond donors (Lipinski definition) is 1. The van der Waals surface area contributed by atoms with E-state index in [-0.39, 0.29) is 41.4 Å². The maximum absolute atomic E-state index is 13.1. The van der Waals surface area contributed by atoms with Crippen LogP contribution in [0.5, 0.6) is 0 Å². The van der Waals surface area contributed by atoms with Crippen LogP contribution in [0, 0.1) is 45.8 Å². The Morgan fingerprint density at radius 2 is 1.55 bits per heavy atom. The lowest BCUT2D eigenvalue weighted by Gasteiger charge is -2.62. The number of halogens is 3. The monoisotopic (exact) mass is 733 g/mol. The fourth-order valence-corrected chi connectivity index (χ4v) is 12.9. The SMILES string of the molecule is CC(CCCNC(=O)C(F)(F)F)(CCC(=O)OCc1ccccc1)[C@H]1CC[C@H]2[C@@H]3CC[C@@H]4C[C@H](O[Si](C)(C)C(C)(C)C)CC[C@]4(C)[C@H]3CC[C@]12C. The lowest BCUT2D eigenvalue weighted by molar-refractivity contribution is -0.173. The number of benzene rings is 1. The maximum Gasteiger partial charge on any atom is 0.471 e. The van der Waals surface area contributed by atoms with Gasteiger partial charge in [-0.15, -0.1) is 0 Å². The second kappa shape index (κ2) is 15.1. The number of carbonyl (C=O) groups is 2. The normalized spacial score (nSPS) is 33.7. The maximum atomic E-state index is 13.1. The molecule has 0 bridgehead atoms. The van der Waals surface area contributed by atoms with Crippen molar-refractivity contribution in [2.45, 2.75) is 162 Å². The van der Waals surface area contributed by atoms with E-state index in [0.717, 1.165) is 30.7 Å². The van der Waals surface area contributed by atoms with E-state index in [9.17, 15) is 22.8 Å². The van der Waals surface area contributed by atoms with Crippen LogP contribution in [0.25, 0.3) is 0 Å². The Balaban J connectivity index is 1.27. The van der Waals surface area contributed by atoms with E-state index in [1.807, 2.05) is 30.3 Å². The zero-order valence-corrected chi connectivity index (χ0v) is 33.7. The second-order valence-corrected chi connectivity index (χ2v) is 24.0. The van der Waals surface area contributed by atoms with Gasteiger partial charge in [-0.05, 0) is 147 Å². The predicted octanol–water partition coefficient (Wildman–Crippen LogP) is 11.0. The van der Waals surface area contributed by atoms with E-state index in [1.54, 1.807) is 0 Å². The highest BCUT2D eigenvalue weighted by atomic mass is 28.4. The van der Waals surface area contributed by atoms with E-state index in [2.05, 4.69) is 60.0 Å². The summed E-state index contributed by atoms with van der Waals surface area (Å²) in [5, 5.41) is 2.30. The number of esters is 1. The van der Waals surface area contributed by atoms with Crippen LogP contribution in [0.2, 0.25) is 18.1 Å². The molecule has 0 aliphatic heterocycles. The van der Waals surface area contributed by atoms with Gasteiger partial charge in [0.15, 0.2) is 8.32 Å². The molecule has 4 aliphatic rings. The third-order valence-electron chi connectivity index (χ3n) is 15.3. The van der Waals surface area contributed by atoms with Crippen LogP contribution in [-0.4, -0.2) is 39.0 Å². The van der Waals surface area contributed by atoms with E-state index >= 15 is 0 Å². The van der Waals surface area contributed by atoms with Gasteiger partial charge in [0.25, 0.3) is 0 Å². The molecule has 0 radical (unpaired) electrons. The largest absolute Gasteiger partial charge is 0.471 e. The lowest BCUT2D eigenvalue weighted by atomic mass is 9.43. The standard InChI is InChI=1S/C42H66F3NO4Si/c1-38(2,3)51(7,8)50-31-19-24-40(5)30(27-31)15-16-32-33-17-18-35(41(33,6)25-20-34(32)40)39(4,22-12-26-46-37(48)42(43,44)45)23-21-36(47)49-28-29-13-10-9-11-14-29/h9-11,13-14,30-35H,12,15-28H2,1-8H3,(H,46,48)/t30-,31-,32+,33+,34+,35-,39?,40+,41+/m1/s1. The third kappa shape index (κ3) is 8.60. The first-order valence-corrected chi connectivity index (χ1v) is 22.8. The number of amides is 1. The predicted molar refractivity (Wildman–Crippen MR) is 199 cm³/mol. The Bertz CT molecular complexity index is 1360. The zero-order valence-electron chi connectivity index (χ0n) is 32.7. The molecule has 4 saturated carbocycles. The Morgan fingerprint density at radius 3 is 2.22 bits per heavy atom. The van der Waals surface area contributed by atoms with Crippen molar-refractivity contribution >= 4 is 20.2 Å². The van der Waals surface area contributed by atoms with Crippen molar-refractivity contribution in [3.63, 3.8) is 0 Å². The molecular weight excluding hydrogens is 668 g/mol. The van der Waals surface area contributed by atoms with E-state index in [4.69, 9.17) is 9.16 Å².